The quantitative estimate of drug-likeness (QED) is 0.571. The first-order valence-corrected chi connectivity index (χ1v) is 10.6. The van der Waals surface area contributed by atoms with Gasteiger partial charge in [0.05, 0.1) is 10.6 Å². The number of amidine groups is 1. The van der Waals surface area contributed by atoms with Crippen molar-refractivity contribution in [3.05, 3.63) is 70.1 Å². The van der Waals surface area contributed by atoms with Gasteiger partial charge in [0, 0.05) is 6.54 Å². The lowest BCUT2D eigenvalue weighted by atomic mass is 9.87. The molecule has 146 valence electrons. The van der Waals surface area contributed by atoms with Crippen LogP contribution in [0.1, 0.15) is 50.8 Å². The zero-order chi connectivity index (χ0) is 20.3. The van der Waals surface area contributed by atoms with Gasteiger partial charge in [-0.25, -0.2) is 4.99 Å². The van der Waals surface area contributed by atoms with Gasteiger partial charge in [0.2, 0.25) is 0 Å². The maximum Gasteiger partial charge on any atom is 0.266 e. The smallest absolute Gasteiger partial charge is 0.266 e. The third-order valence-electron chi connectivity index (χ3n) is 4.67. The van der Waals surface area contributed by atoms with Crippen LogP contribution >= 0.6 is 11.8 Å². The second-order valence-electron chi connectivity index (χ2n) is 8.17. The van der Waals surface area contributed by atoms with Crippen LogP contribution in [0.25, 0.3) is 6.08 Å². The first kappa shape index (κ1) is 20.4. The SMILES string of the molecule is CCCN1C(=O)/C(=C\c2ccc(C(C)(C)C)cc2)SC1=Nc1ccc(C)cc1. The Hall–Kier alpha value is -2.33. The molecule has 4 heteroatoms. The maximum absolute atomic E-state index is 12.9. The number of carbonyl (C=O) groups is 1. The first-order chi connectivity index (χ1) is 13.3. The van der Waals surface area contributed by atoms with Gasteiger partial charge in [-0.1, -0.05) is 69.7 Å². The van der Waals surface area contributed by atoms with E-state index in [4.69, 9.17) is 4.99 Å². The Morgan fingerprint density at radius 2 is 1.68 bits per heavy atom. The first-order valence-electron chi connectivity index (χ1n) is 9.75. The number of nitrogens with zero attached hydrogens (tertiary/aromatic N) is 2. The third-order valence-corrected chi connectivity index (χ3v) is 5.68. The van der Waals surface area contributed by atoms with Crippen LogP contribution in [0, 0.1) is 6.92 Å². The topological polar surface area (TPSA) is 32.7 Å². The summed E-state index contributed by atoms with van der Waals surface area (Å²) in [7, 11) is 0. The van der Waals surface area contributed by atoms with Gasteiger partial charge in [-0.3, -0.25) is 9.69 Å². The molecule has 0 aliphatic carbocycles. The van der Waals surface area contributed by atoms with Crippen molar-refractivity contribution in [3.63, 3.8) is 0 Å². The summed E-state index contributed by atoms with van der Waals surface area (Å²) in [5, 5.41) is 0.758. The zero-order valence-electron chi connectivity index (χ0n) is 17.3. The minimum Gasteiger partial charge on any atom is -0.286 e. The Labute approximate surface area is 172 Å². The molecule has 3 nitrogen and oxygen atoms in total. The van der Waals surface area contributed by atoms with Crippen LogP contribution in [-0.2, 0) is 10.2 Å². The number of hydrogen-bond donors (Lipinski definition) is 0. The molecule has 28 heavy (non-hydrogen) atoms. The van der Waals surface area contributed by atoms with Gasteiger partial charge in [0.25, 0.3) is 5.91 Å². The van der Waals surface area contributed by atoms with Crippen LogP contribution in [0.2, 0.25) is 0 Å². The van der Waals surface area contributed by atoms with E-state index >= 15 is 0 Å². The molecule has 1 amide bonds. The van der Waals surface area contributed by atoms with E-state index in [9.17, 15) is 4.79 Å². The van der Waals surface area contributed by atoms with Crippen LogP contribution in [0.15, 0.2) is 58.4 Å². The van der Waals surface area contributed by atoms with Crippen molar-refractivity contribution in [2.75, 3.05) is 6.54 Å². The van der Waals surface area contributed by atoms with Crippen molar-refractivity contribution in [3.8, 4) is 0 Å². The number of rotatable bonds is 4. The average Bonchev–Trinajstić information content (AvgIpc) is 2.92. The van der Waals surface area contributed by atoms with E-state index in [0.717, 1.165) is 27.7 Å². The van der Waals surface area contributed by atoms with Crippen molar-refractivity contribution in [1.29, 1.82) is 0 Å². The monoisotopic (exact) mass is 392 g/mol. The lowest BCUT2D eigenvalue weighted by Crippen LogP contribution is -2.29. The summed E-state index contributed by atoms with van der Waals surface area (Å²) in [6, 6.07) is 16.5. The molecule has 0 aromatic heterocycles. The number of carbonyl (C=O) groups excluding carboxylic acids is 1. The van der Waals surface area contributed by atoms with Crippen molar-refractivity contribution in [1.82, 2.24) is 4.90 Å². The van der Waals surface area contributed by atoms with Crippen LogP contribution in [0.3, 0.4) is 0 Å². The molecule has 1 saturated heterocycles. The highest BCUT2D eigenvalue weighted by Crippen LogP contribution is 2.34. The van der Waals surface area contributed by atoms with Gasteiger partial charge < -0.3 is 0 Å². The number of hydrogen-bond acceptors (Lipinski definition) is 3. The van der Waals surface area contributed by atoms with Gasteiger partial charge in [0.15, 0.2) is 5.17 Å². The van der Waals surface area contributed by atoms with Gasteiger partial charge in [-0.05, 0) is 59.9 Å². The standard InChI is InChI=1S/C24H28N2OS/c1-6-15-26-22(27)21(16-18-9-11-19(12-10-18)24(3,4)5)28-23(26)25-20-13-7-17(2)8-14-20/h7-14,16H,6,15H2,1-5H3/b21-16+,25-23?. The molecule has 2 aromatic carbocycles. The van der Waals surface area contributed by atoms with E-state index in [-0.39, 0.29) is 11.3 Å². The Morgan fingerprint density at radius 3 is 2.25 bits per heavy atom. The summed E-state index contributed by atoms with van der Waals surface area (Å²) in [6.45, 7) is 11.4. The van der Waals surface area contributed by atoms with E-state index in [1.165, 1.54) is 22.9 Å². The molecule has 1 aliphatic rings. The fraction of sp³-hybridized carbons (Fsp3) is 0.333. The van der Waals surface area contributed by atoms with E-state index in [1.54, 1.807) is 4.90 Å². The molecule has 1 aliphatic heterocycles. The number of thioether (sulfide) groups is 1. The van der Waals surface area contributed by atoms with E-state index < -0.39 is 0 Å². The summed E-state index contributed by atoms with van der Waals surface area (Å²) >= 11 is 1.46. The molecule has 3 rings (SSSR count). The molecule has 1 heterocycles. The Kier molecular flexibility index (Phi) is 6.09. The number of aliphatic imine (C=N–C) groups is 1. The Morgan fingerprint density at radius 1 is 1.04 bits per heavy atom. The number of amides is 1. The summed E-state index contributed by atoms with van der Waals surface area (Å²) in [6.07, 6.45) is 2.87. The molecule has 0 saturated carbocycles. The molecule has 0 spiro atoms. The second kappa shape index (κ2) is 8.36. The maximum atomic E-state index is 12.9. The summed E-state index contributed by atoms with van der Waals surface area (Å²) < 4.78 is 0. The lowest BCUT2D eigenvalue weighted by Gasteiger charge is -2.18. The largest absolute Gasteiger partial charge is 0.286 e. The van der Waals surface area contributed by atoms with Crippen molar-refractivity contribution in [2.45, 2.75) is 46.5 Å². The zero-order valence-corrected chi connectivity index (χ0v) is 18.1. The van der Waals surface area contributed by atoms with Crippen molar-refractivity contribution < 1.29 is 4.79 Å². The summed E-state index contributed by atoms with van der Waals surface area (Å²) in [4.78, 5) is 20.2. The van der Waals surface area contributed by atoms with E-state index in [2.05, 4.69) is 58.9 Å². The fourth-order valence-corrected chi connectivity index (χ4v) is 4.00. The summed E-state index contributed by atoms with van der Waals surface area (Å²) in [5.74, 6) is 0.0395. The van der Waals surface area contributed by atoms with Gasteiger partial charge in [-0.2, -0.15) is 0 Å². The predicted octanol–water partition coefficient (Wildman–Crippen LogP) is 6.31. The second-order valence-corrected chi connectivity index (χ2v) is 9.18. The lowest BCUT2D eigenvalue weighted by molar-refractivity contribution is -0.122. The average molecular weight is 393 g/mol. The molecule has 0 radical (unpaired) electrons. The van der Waals surface area contributed by atoms with Gasteiger partial charge >= 0.3 is 0 Å². The van der Waals surface area contributed by atoms with Crippen LogP contribution in [0.4, 0.5) is 5.69 Å². The number of aryl methyl sites for hydroxylation is 1. The minimum absolute atomic E-state index is 0.0395. The van der Waals surface area contributed by atoms with Gasteiger partial charge in [-0.15, -0.1) is 0 Å². The van der Waals surface area contributed by atoms with E-state index in [1.807, 2.05) is 30.3 Å². The highest BCUT2D eigenvalue weighted by molar-refractivity contribution is 8.18. The fourth-order valence-electron chi connectivity index (χ4n) is 2.97. The normalized spacial score (nSPS) is 17.8. The van der Waals surface area contributed by atoms with Crippen molar-refractivity contribution >= 4 is 34.6 Å². The van der Waals surface area contributed by atoms with Crippen molar-refractivity contribution in [2.24, 2.45) is 4.99 Å². The Balaban J connectivity index is 1.89. The number of benzene rings is 2. The molecule has 2 aromatic rings. The summed E-state index contributed by atoms with van der Waals surface area (Å²) in [5.41, 5.74) is 4.52. The highest BCUT2D eigenvalue weighted by Gasteiger charge is 2.32. The predicted molar refractivity (Wildman–Crippen MR) is 121 cm³/mol. The molecular weight excluding hydrogens is 364 g/mol. The van der Waals surface area contributed by atoms with Gasteiger partial charge in [0.1, 0.15) is 0 Å². The van der Waals surface area contributed by atoms with Crippen LogP contribution < -0.4 is 0 Å². The Bertz CT molecular complexity index is 903. The molecule has 0 N–H and O–H groups in total. The van der Waals surface area contributed by atoms with Crippen LogP contribution in [0.5, 0.6) is 0 Å². The molecular formula is C24H28N2OS. The molecule has 0 atom stereocenters. The minimum atomic E-state index is 0.0395. The molecule has 0 bridgehead atoms. The van der Waals surface area contributed by atoms with E-state index in [0.29, 0.717) is 6.54 Å². The molecule has 1 fully saturated rings. The third kappa shape index (κ3) is 4.74. The van der Waals surface area contributed by atoms with Crippen LogP contribution in [-0.4, -0.2) is 22.5 Å². The molecule has 0 unspecified atom stereocenters. The highest BCUT2D eigenvalue weighted by atomic mass is 32.2.